The van der Waals surface area contributed by atoms with Gasteiger partial charge in [0.25, 0.3) is 5.56 Å². The van der Waals surface area contributed by atoms with Gasteiger partial charge in [0.05, 0.1) is 18.5 Å². The summed E-state index contributed by atoms with van der Waals surface area (Å²) in [7, 11) is 1.25. The zero-order valence-electron chi connectivity index (χ0n) is 18.3. The molecule has 0 aliphatic carbocycles. The van der Waals surface area contributed by atoms with Crippen LogP contribution >= 0.6 is 11.6 Å². The van der Waals surface area contributed by atoms with Gasteiger partial charge in [0.15, 0.2) is 6.04 Å². The lowest BCUT2D eigenvalue weighted by atomic mass is 10.0. The van der Waals surface area contributed by atoms with Crippen LogP contribution < -0.4 is 11.2 Å². The van der Waals surface area contributed by atoms with Crippen LogP contribution in [0.15, 0.2) is 69.3 Å². The number of nitrogens with one attached hydrogen (secondary N) is 2. The molecule has 0 aliphatic heterocycles. The number of halogens is 1. The Labute approximate surface area is 198 Å². The van der Waals surface area contributed by atoms with Gasteiger partial charge in [-0.2, -0.15) is 0 Å². The minimum atomic E-state index is -0.987. The third-order valence-corrected chi connectivity index (χ3v) is 5.70. The zero-order chi connectivity index (χ0) is 24.4. The first kappa shape index (κ1) is 23.1. The molecule has 0 bridgehead atoms. The van der Waals surface area contributed by atoms with E-state index in [1.54, 1.807) is 18.3 Å². The quantitative estimate of drug-likeness (QED) is 0.288. The molecule has 3 N–H and O–H groups in total. The van der Waals surface area contributed by atoms with Gasteiger partial charge in [0.2, 0.25) is 5.88 Å². The molecule has 4 rings (SSSR count). The Morgan fingerprint density at radius 2 is 1.88 bits per heavy atom. The number of aromatic hydroxyl groups is 1. The number of rotatable bonds is 6. The lowest BCUT2D eigenvalue weighted by Gasteiger charge is -2.14. The van der Waals surface area contributed by atoms with Crippen molar-refractivity contribution in [2.24, 2.45) is 4.99 Å². The number of fused-ring (bicyclic) bond motifs is 1. The molecule has 0 fully saturated rings. The van der Waals surface area contributed by atoms with Gasteiger partial charge < -0.3 is 14.8 Å². The standard InChI is InChI=1S/C24H21ClN4O5/c1-13(20-21(30)28-24(33)29(22(20)31)16-9-7-15(25)8-10-16)27-19(23(32)34-2)11-14-12-26-18-6-4-3-5-17(14)18/h3-10,12,19,26,31H,11H2,1-2H3,(H,28,30,33). The van der Waals surface area contributed by atoms with Gasteiger partial charge >= 0.3 is 11.7 Å². The van der Waals surface area contributed by atoms with Crippen molar-refractivity contribution in [1.29, 1.82) is 0 Å². The fourth-order valence-electron chi connectivity index (χ4n) is 3.81. The summed E-state index contributed by atoms with van der Waals surface area (Å²) in [6.07, 6.45) is 1.99. The lowest BCUT2D eigenvalue weighted by Crippen LogP contribution is -2.33. The van der Waals surface area contributed by atoms with Gasteiger partial charge in [-0.15, -0.1) is 0 Å². The highest BCUT2D eigenvalue weighted by atomic mass is 35.5. The van der Waals surface area contributed by atoms with Gasteiger partial charge in [0, 0.05) is 28.5 Å². The van der Waals surface area contributed by atoms with E-state index in [-0.39, 0.29) is 17.7 Å². The molecule has 9 nitrogen and oxygen atoms in total. The fraction of sp³-hybridized carbons (Fsp3) is 0.167. The third kappa shape index (κ3) is 4.38. The number of methoxy groups -OCH3 is 1. The Morgan fingerprint density at radius 1 is 1.18 bits per heavy atom. The summed E-state index contributed by atoms with van der Waals surface area (Å²) in [4.78, 5) is 47.3. The number of hydrogen-bond donors (Lipinski definition) is 3. The zero-order valence-corrected chi connectivity index (χ0v) is 19.1. The summed E-state index contributed by atoms with van der Waals surface area (Å²) in [5.41, 5.74) is 0.215. The topological polar surface area (TPSA) is 130 Å². The van der Waals surface area contributed by atoms with Crippen LogP contribution in [0.3, 0.4) is 0 Å². The molecule has 0 aliphatic rings. The minimum Gasteiger partial charge on any atom is -0.493 e. The van der Waals surface area contributed by atoms with Crippen LogP contribution in [-0.2, 0) is 16.0 Å². The summed E-state index contributed by atoms with van der Waals surface area (Å²) in [5, 5.41) is 12.2. The van der Waals surface area contributed by atoms with E-state index in [9.17, 15) is 19.5 Å². The summed E-state index contributed by atoms with van der Waals surface area (Å²) >= 11 is 5.91. The molecule has 0 radical (unpaired) electrons. The number of H-pyrrole nitrogens is 2. The summed E-state index contributed by atoms with van der Waals surface area (Å²) in [6, 6.07) is 12.8. The molecule has 1 atom stereocenters. The van der Waals surface area contributed by atoms with E-state index in [2.05, 4.69) is 15.0 Å². The normalized spacial score (nSPS) is 12.6. The Hall–Kier alpha value is -4.11. The van der Waals surface area contributed by atoms with E-state index in [0.29, 0.717) is 10.7 Å². The van der Waals surface area contributed by atoms with E-state index < -0.39 is 29.1 Å². The second-order valence-corrected chi connectivity index (χ2v) is 8.02. The highest BCUT2D eigenvalue weighted by Gasteiger charge is 2.24. The molecule has 2 heterocycles. The van der Waals surface area contributed by atoms with Crippen LogP contribution in [0.4, 0.5) is 0 Å². The van der Waals surface area contributed by atoms with E-state index >= 15 is 0 Å². The van der Waals surface area contributed by atoms with E-state index in [1.165, 1.54) is 26.2 Å². The Balaban J connectivity index is 1.78. The number of esters is 1. The molecular formula is C24H21ClN4O5. The maximum atomic E-state index is 12.6. The number of carbonyl (C=O) groups is 1. The van der Waals surface area contributed by atoms with Gasteiger partial charge in [-0.25, -0.2) is 14.2 Å². The lowest BCUT2D eigenvalue weighted by molar-refractivity contribution is -0.142. The largest absolute Gasteiger partial charge is 0.493 e. The Bertz CT molecular complexity index is 1520. The van der Waals surface area contributed by atoms with Crippen molar-refractivity contribution in [1.82, 2.24) is 14.5 Å². The number of aliphatic imine (C=N–C) groups is 1. The van der Waals surface area contributed by atoms with Crippen molar-refractivity contribution in [3.8, 4) is 11.6 Å². The predicted octanol–water partition coefficient (Wildman–Crippen LogP) is 2.96. The van der Waals surface area contributed by atoms with Crippen molar-refractivity contribution in [3.63, 3.8) is 0 Å². The van der Waals surface area contributed by atoms with Crippen LogP contribution in [0, 0.1) is 0 Å². The molecule has 1 unspecified atom stereocenters. The van der Waals surface area contributed by atoms with Gasteiger partial charge in [-0.3, -0.25) is 14.8 Å². The number of nitrogens with zero attached hydrogens (tertiary/aromatic N) is 2. The van der Waals surface area contributed by atoms with Gasteiger partial charge in [-0.05, 0) is 42.8 Å². The Kier molecular flexibility index (Phi) is 6.38. The fourth-order valence-corrected chi connectivity index (χ4v) is 3.93. The number of benzene rings is 2. The number of hydrogen-bond acceptors (Lipinski definition) is 6. The first-order valence-corrected chi connectivity index (χ1v) is 10.7. The molecule has 2 aromatic carbocycles. The predicted molar refractivity (Wildman–Crippen MR) is 129 cm³/mol. The van der Waals surface area contributed by atoms with E-state index in [0.717, 1.165) is 21.0 Å². The highest BCUT2D eigenvalue weighted by molar-refractivity contribution is 6.30. The first-order chi connectivity index (χ1) is 16.3. The SMILES string of the molecule is COC(=O)C(Cc1c[nH]c2ccccc12)N=C(C)c1c(O)n(-c2ccc(Cl)cc2)c(=O)[nH]c1=O. The van der Waals surface area contributed by atoms with Crippen molar-refractivity contribution in [2.45, 2.75) is 19.4 Å². The molecular weight excluding hydrogens is 460 g/mol. The van der Waals surface area contributed by atoms with Crippen LogP contribution in [-0.4, -0.2) is 44.5 Å². The average molecular weight is 481 g/mol. The maximum absolute atomic E-state index is 12.6. The van der Waals surface area contributed by atoms with E-state index in [1.807, 2.05) is 24.3 Å². The van der Waals surface area contributed by atoms with Gasteiger partial charge in [0.1, 0.15) is 5.56 Å². The molecule has 0 saturated heterocycles. The van der Waals surface area contributed by atoms with Crippen molar-refractivity contribution in [2.75, 3.05) is 7.11 Å². The molecule has 10 heteroatoms. The van der Waals surface area contributed by atoms with Crippen molar-refractivity contribution >= 4 is 34.2 Å². The van der Waals surface area contributed by atoms with E-state index in [4.69, 9.17) is 16.3 Å². The molecule has 34 heavy (non-hydrogen) atoms. The number of carbonyl (C=O) groups excluding carboxylic acids is 1. The van der Waals surface area contributed by atoms with Gasteiger partial charge in [-0.1, -0.05) is 29.8 Å². The molecule has 2 aromatic heterocycles. The van der Waals surface area contributed by atoms with Crippen LogP contribution in [0.5, 0.6) is 5.88 Å². The second kappa shape index (κ2) is 9.40. The average Bonchev–Trinajstić information content (AvgIpc) is 3.22. The number of para-hydroxylation sites is 1. The smallest absolute Gasteiger partial charge is 0.335 e. The molecule has 0 spiro atoms. The molecule has 4 aromatic rings. The third-order valence-electron chi connectivity index (χ3n) is 5.44. The minimum absolute atomic E-state index is 0.0664. The number of aromatic nitrogens is 3. The number of aromatic amines is 2. The number of ether oxygens (including phenoxy) is 1. The molecule has 0 amide bonds. The Morgan fingerprint density at radius 3 is 2.59 bits per heavy atom. The maximum Gasteiger partial charge on any atom is 0.335 e. The first-order valence-electron chi connectivity index (χ1n) is 10.3. The second-order valence-electron chi connectivity index (χ2n) is 7.59. The van der Waals surface area contributed by atoms with Crippen molar-refractivity contribution in [3.05, 3.63) is 91.7 Å². The monoisotopic (exact) mass is 480 g/mol. The highest BCUT2D eigenvalue weighted by Crippen LogP contribution is 2.22. The van der Waals surface area contributed by atoms with Crippen LogP contribution in [0.2, 0.25) is 5.02 Å². The summed E-state index contributed by atoms with van der Waals surface area (Å²) in [6.45, 7) is 1.48. The summed E-state index contributed by atoms with van der Waals surface area (Å²) < 4.78 is 5.85. The van der Waals surface area contributed by atoms with Crippen LogP contribution in [0.1, 0.15) is 18.1 Å². The summed E-state index contributed by atoms with van der Waals surface area (Å²) in [5.74, 6) is -1.21. The van der Waals surface area contributed by atoms with Crippen LogP contribution in [0.25, 0.3) is 16.6 Å². The van der Waals surface area contributed by atoms with Crippen molar-refractivity contribution < 1.29 is 14.6 Å². The molecule has 0 saturated carbocycles. The molecule has 174 valence electrons.